The minimum absolute atomic E-state index is 0.361. The molecule has 1 aromatic rings. The molecule has 0 aliphatic rings. The van der Waals surface area contributed by atoms with Crippen molar-refractivity contribution in [3.8, 4) is 0 Å². The van der Waals surface area contributed by atoms with Crippen molar-refractivity contribution in [2.24, 2.45) is 0 Å². The van der Waals surface area contributed by atoms with Crippen LogP contribution in [0.15, 0.2) is 23.4 Å². The van der Waals surface area contributed by atoms with Gasteiger partial charge in [0.25, 0.3) is 0 Å². The second-order valence-corrected chi connectivity index (χ2v) is 4.26. The van der Waals surface area contributed by atoms with Gasteiger partial charge in [-0.25, -0.2) is 9.78 Å². The molecule has 1 rings (SSSR count). The molecule has 3 nitrogen and oxygen atoms in total. The summed E-state index contributed by atoms with van der Waals surface area (Å²) >= 11 is 7.18. The van der Waals surface area contributed by atoms with Gasteiger partial charge in [0, 0.05) is 17.8 Å². The molecule has 1 aromatic heterocycles. The molecule has 0 spiro atoms. The molecule has 15 heavy (non-hydrogen) atoms. The zero-order valence-corrected chi connectivity index (χ0v) is 9.98. The highest BCUT2D eigenvalue weighted by molar-refractivity contribution is 7.99. The summed E-state index contributed by atoms with van der Waals surface area (Å²) in [5.41, 5.74) is 0.471. The number of thioether (sulfide) groups is 1. The molecule has 0 bridgehead atoms. The van der Waals surface area contributed by atoms with Crippen LogP contribution in [-0.2, 0) is 4.74 Å². The van der Waals surface area contributed by atoms with Gasteiger partial charge in [-0.3, -0.25) is 0 Å². The van der Waals surface area contributed by atoms with Crippen LogP contribution in [0.4, 0.5) is 0 Å². The average Bonchev–Trinajstić information content (AvgIpc) is 2.29. The van der Waals surface area contributed by atoms with Crippen molar-refractivity contribution in [2.45, 2.75) is 11.4 Å². The van der Waals surface area contributed by atoms with Crippen molar-refractivity contribution in [2.75, 3.05) is 18.7 Å². The van der Waals surface area contributed by atoms with Gasteiger partial charge >= 0.3 is 5.97 Å². The van der Waals surface area contributed by atoms with Crippen molar-refractivity contribution >= 4 is 29.3 Å². The number of ether oxygens (including phenoxy) is 1. The van der Waals surface area contributed by atoms with E-state index in [-0.39, 0.29) is 5.97 Å². The van der Waals surface area contributed by atoms with E-state index in [1.54, 1.807) is 17.8 Å². The Labute approximate surface area is 98.2 Å². The Morgan fingerprint density at radius 1 is 1.60 bits per heavy atom. The Kier molecular flexibility index (Phi) is 5.50. The number of methoxy groups -OCH3 is 1. The standard InChI is InChI=1S/C10H12ClNO2S/c1-14-10(13)8-3-4-9(12-7-8)15-6-2-5-11/h3-4,7H,2,5-6H2,1H3. The van der Waals surface area contributed by atoms with Gasteiger partial charge in [0.05, 0.1) is 17.7 Å². The maximum atomic E-state index is 11.1. The van der Waals surface area contributed by atoms with Crippen LogP contribution in [0.25, 0.3) is 0 Å². The predicted molar refractivity (Wildman–Crippen MR) is 61.6 cm³/mol. The van der Waals surface area contributed by atoms with Crippen molar-refractivity contribution in [3.05, 3.63) is 23.9 Å². The van der Waals surface area contributed by atoms with Gasteiger partial charge in [0.15, 0.2) is 0 Å². The summed E-state index contributed by atoms with van der Waals surface area (Å²) in [6.07, 6.45) is 2.47. The molecule has 0 saturated carbocycles. The van der Waals surface area contributed by atoms with E-state index >= 15 is 0 Å². The van der Waals surface area contributed by atoms with Gasteiger partial charge in [-0.05, 0) is 18.6 Å². The summed E-state index contributed by atoms with van der Waals surface area (Å²) in [5.74, 6) is 1.24. The van der Waals surface area contributed by atoms with E-state index in [1.807, 2.05) is 6.07 Å². The SMILES string of the molecule is COC(=O)c1ccc(SCCCCl)nc1. The first-order valence-corrected chi connectivity index (χ1v) is 6.03. The van der Waals surface area contributed by atoms with E-state index in [4.69, 9.17) is 11.6 Å². The number of alkyl halides is 1. The van der Waals surface area contributed by atoms with Crippen LogP contribution >= 0.6 is 23.4 Å². The van der Waals surface area contributed by atoms with E-state index in [2.05, 4.69) is 9.72 Å². The maximum absolute atomic E-state index is 11.1. The van der Waals surface area contributed by atoms with Crippen molar-refractivity contribution in [1.29, 1.82) is 0 Å². The first-order valence-electron chi connectivity index (χ1n) is 4.51. The summed E-state index contributed by atoms with van der Waals surface area (Å²) < 4.78 is 4.57. The third-order valence-electron chi connectivity index (χ3n) is 1.69. The lowest BCUT2D eigenvalue weighted by Crippen LogP contribution is -2.01. The number of hydrogen-bond donors (Lipinski definition) is 0. The van der Waals surface area contributed by atoms with Crippen LogP contribution in [0, 0.1) is 0 Å². The third-order valence-corrected chi connectivity index (χ3v) is 2.98. The lowest BCUT2D eigenvalue weighted by Gasteiger charge is -2.01. The first-order chi connectivity index (χ1) is 7.27. The zero-order valence-electron chi connectivity index (χ0n) is 8.40. The fraction of sp³-hybridized carbons (Fsp3) is 0.400. The number of halogens is 1. The Morgan fingerprint density at radius 3 is 2.93 bits per heavy atom. The maximum Gasteiger partial charge on any atom is 0.339 e. The topological polar surface area (TPSA) is 39.2 Å². The molecule has 0 aliphatic carbocycles. The smallest absolute Gasteiger partial charge is 0.339 e. The van der Waals surface area contributed by atoms with E-state index < -0.39 is 0 Å². The van der Waals surface area contributed by atoms with Crippen LogP contribution in [0.5, 0.6) is 0 Å². The number of carbonyl (C=O) groups excluding carboxylic acids is 1. The quantitative estimate of drug-likeness (QED) is 0.346. The Bertz CT molecular complexity index is 316. The molecular formula is C10H12ClNO2S. The number of hydrogen-bond acceptors (Lipinski definition) is 4. The normalized spacial score (nSPS) is 10.0. The molecule has 0 aliphatic heterocycles. The second-order valence-electron chi connectivity index (χ2n) is 2.77. The fourth-order valence-electron chi connectivity index (χ4n) is 0.936. The third kappa shape index (κ3) is 4.10. The molecule has 5 heteroatoms. The number of nitrogens with zero attached hydrogens (tertiary/aromatic N) is 1. The minimum atomic E-state index is -0.361. The van der Waals surface area contributed by atoms with E-state index in [0.717, 1.165) is 17.2 Å². The Balaban J connectivity index is 2.52. The summed E-state index contributed by atoms with van der Waals surface area (Å²) in [7, 11) is 1.35. The number of carbonyl (C=O) groups is 1. The highest BCUT2D eigenvalue weighted by atomic mass is 35.5. The first kappa shape index (κ1) is 12.3. The monoisotopic (exact) mass is 245 g/mol. The van der Waals surface area contributed by atoms with E-state index in [1.165, 1.54) is 13.3 Å². The van der Waals surface area contributed by atoms with E-state index in [9.17, 15) is 4.79 Å². The van der Waals surface area contributed by atoms with Crippen LogP contribution in [0.2, 0.25) is 0 Å². The second kappa shape index (κ2) is 6.69. The molecule has 1 heterocycles. The predicted octanol–water partition coefficient (Wildman–Crippen LogP) is 2.59. The number of rotatable bonds is 5. The molecule has 0 radical (unpaired) electrons. The fourth-order valence-corrected chi connectivity index (χ4v) is 2.02. The largest absolute Gasteiger partial charge is 0.465 e. The lowest BCUT2D eigenvalue weighted by atomic mass is 10.3. The Morgan fingerprint density at radius 2 is 2.40 bits per heavy atom. The molecule has 0 amide bonds. The van der Waals surface area contributed by atoms with Crippen molar-refractivity contribution in [1.82, 2.24) is 4.98 Å². The number of esters is 1. The van der Waals surface area contributed by atoms with Gasteiger partial charge < -0.3 is 4.74 Å². The van der Waals surface area contributed by atoms with Gasteiger partial charge in [-0.15, -0.1) is 23.4 Å². The van der Waals surface area contributed by atoms with E-state index in [0.29, 0.717) is 11.4 Å². The van der Waals surface area contributed by atoms with Crippen LogP contribution in [0.3, 0.4) is 0 Å². The van der Waals surface area contributed by atoms with Gasteiger partial charge in [-0.1, -0.05) is 0 Å². The summed E-state index contributed by atoms with van der Waals surface area (Å²) in [5, 5.41) is 0.896. The minimum Gasteiger partial charge on any atom is -0.465 e. The number of aromatic nitrogens is 1. The molecule has 0 atom stereocenters. The summed E-state index contributed by atoms with van der Waals surface area (Å²) in [6.45, 7) is 0. The highest BCUT2D eigenvalue weighted by Gasteiger charge is 2.05. The summed E-state index contributed by atoms with van der Waals surface area (Å²) in [4.78, 5) is 15.2. The number of pyridine rings is 1. The molecule has 0 N–H and O–H groups in total. The molecule has 0 aromatic carbocycles. The van der Waals surface area contributed by atoms with Crippen LogP contribution in [-0.4, -0.2) is 29.7 Å². The average molecular weight is 246 g/mol. The summed E-state index contributed by atoms with van der Waals surface area (Å²) in [6, 6.07) is 3.52. The molecule has 0 saturated heterocycles. The van der Waals surface area contributed by atoms with Crippen LogP contribution < -0.4 is 0 Å². The molecule has 0 unspecified atom stereocenters. The van der Waals surface area contributed by atoms with Gasteiger partial charge in [-0.2, -0.15) is 0 Å². The lowest BCUT2D eigenvalue weighted by molar-refractivity contribution is 0.0600. The highest BCUT2D eigenvalue weighted by Crippen LogP contribution is 2.16. The Hall–Kier alpha value is -0.740. The van der Waals surface area contributed by atoms with Crippen molar-refractivity contribution in [3.63, 3.8) is 0 Å². The molecule has 82 valence electrons. The van der Waals surface area contributed by atoms with Crippen LogP contribution in [0.1, 0.15) is 16.8 Å². The molecular weight excluding hydrogens is 234 g/mol. The zero-order chi connectivity index (χ0) is 11.1. The van der Waals surface area contributed by atoms with Gasteiger partial charge in [0.1, 0.15) is 0 Å². The molecule has 0 fully saturated rings. The van der Waals surface area contributed by atoms with Crippen molar-refractivity contribution < 1.29 is 9.53 Å². The van der Waals surface area contributed by atoms with Gasteiger partial charge in [0.2, 0.25) is 0 Å².